The summed E-state index contributed by atoms with van der Waals surface area (Å²) in [6.07, 6.45) is 1.11. The lowest BCUT2D eigenvalue weighted by molar-refractivity contribution is 0.0697. The van der Waals surface area contributed by atoms with Crippen molar-refractivity contribution in [3.05, 3.63) is 29.8 Å². The SMILES string of the molecule is CC1CN(C)C(C)CC1Nc1ccc(C(=O)O)cc1. The van der Waals surface area contributed by atoms with Crippen LogP contribution in [0, 0.1) is 5.92 Å². The van der Waals surface area contributed by atoms with E-state index in [1.807, 2.05) is 12.1 Å². The van der Waals surface area contributed by atoms with Gasteiger partial charge >= 0.3 is 5.97 Å². The largest absolute Gasteiger partial charge is 0.478 e. The third-order valence-electron chi connectivity index (χ3n) is 4.09. The molecule has 3 unspecified atom stereocenters. The number of hydrogen-bond donors (Lipinski definition) is 2. The summed E-state index contributed by atoms with van der Waals surface area (Å²) in [5.41, 5.74) is 1.33. The van der Waals surface area contributed by atoms with Crippen LogP contribution in [0.1, 0.15) is 30.6 Å². The van der Waals surface area contributed by atoms with Gasteiger partial charge in [0.15, 0.2) is 0 Å². The smallest absolute Gasteiger partial charge is 0.335 e. The van der Waals surface area contributed by atoms with Gasteiger partial charge in [0.2, 0.25) is 0 Å². The van der Waals surface area contributed by atoms with Crippen molar-refractivity contribution >= 4 is 11.7 Å². The van der Waals surface area contributed by atoms with Gasteiger partial charge in [-0.15, -0.1) is 0 Å². The molecule has 1 fully saturated rings. The third-order valence-corrected chi connectivity index (χ3v) is 4.09. The number of benzene rings is 1. The van der Waals surface area contributed by atoms with Crippen molar-refractivity contribution in [3.63, 3.8) is 0 Å². The van der Waals surface area contributed by atoms with E-state index in [2.05, 4.69) is 31.1 Å². The molecule has 0 amide bonds. The van der Waals surface area contributed by atoms with Gasteiger partial charge in [-0.25, -0.2) is 4.79 Å². The van der Waals surface area contributed by atoms with Gasteiger partial charge in [-0.1, -0.05) is 6.92 Å². The van der Waals surface area contributed by atoms with Gasteiger partial charge in [0.25, 0.3) is 0 Å². The zero-order chi connectivity index (χ0) is 14.0. The molecule has 0 bridgehead atoms. The molecule has 104 valence electrons. The van der Waals surface area contributed by atoms with Crippen LogP contribution in [-0.4, -0.2) is 41.7 Å². The van der Waals surface area contributed by atoms with Crippen molar-refractivity contribution in [1.29, 1.82) is 0 Å². The summed E-state index contributed by atoms with van der Waals surface area (Å²) in [5, 5.41) is 12.4. The van der Waals surface area contributed by atoms with Crippen molar-refractivity contribution in [2.45, 2.75) is 32.4 Å². The number of piperidine rings is 1. The lowest BCUT2D eigenvalue weighted by atomic mass is 9.89. The predicted molar refractivity (Wildman–Crippen MR) is 76.7 cm³/mol. The van der Waals surface area contributed by atoms with E-state index in [1.165, 1.54) is 0 Å². The van der Waals surface area contributed by atoms with Crippen LogP contribution in [0.4, 0.5) is 5.69 Å². The number of likely N-dealkylation sites (tertiary alicyclic amines) is 1. The van der Waals surface area contributed by atoms with E-state index in [1.54, 1.807) is 12.1 Å². The fourth-order valence-electron chi connectivity index (χ4n) is 2.67. The second kappa shape index (κ2) is 5.61. The van der Waals surface area contributed by atoms with Gasteiger partial charge < -0.3 is 15.3 Å². The highest BCUT2D eigenvalue weighted by Crippen LogP contribution is 2.24. The van der Waals surface area contributed by atoms with Gasteiger partial charge in [0, 0.05) is 24.3 Å². The Labute approximate surface area is 114 Å². The summed E-state index contributed by atoms with van der Waals surface area (Å²) < 4.78 is 0. The van der Waals surface area contributed by atoms with Crippen molar-refractivity contribution in [2.24, 2.45) is 5.92 Å². The standard InChI is InChI=1S/C15H22N2O2/c1-10-9-17(3)11(2)8-14(10)16-13-6-4-12(5-7-13)15(18)19/h4-7,10-11,14,16H,8-9H2,1-3H3,(H,18,19). The molecule has 1 saturated heterocycles. The number of nitrogens with zero attached hydrogens (tertiary/aromatic N) is 1. The summed E-state index contributed by atoms with van der Waals surface area (Å²) in [7, 11) is 2.17. The van der Waals surface area contributed by atoms with Gasteiger partial charge in [0.05, 0.1) is 5.56 Å². The number of anilines is 1. The fourth-order valence-corrected chi connectivity index (χ4v) is 2.67. The second-order valence-corrected chi connectivity index (χ2v) is 5.63. The number of hydrogen-bond acceptors (Lipinski definition) is 3. The maximum Gasteiger partial charge on any atom is 0.335 e. The maximum atomic E-state index is 10.8. The lowest BCUT2D eigenvalue weighted by Crippen LogP contribution is -2.48. The molecule has 2 N–H and O–H groups in total. The van der Waals surface area contributed by atoms with Crippen molar-refractivity contribution in [1.82, 2.24) is 4.90 Å². The summed E-state index contributed by atoms with van der Waals surface area (Å²) >= 11 is 0. The zero-order valence-electron chi connectivity index (χ0n) is 11.8. The molecule has 0 aliphatic carbocycles. The van der Waals surface area contributed by atoms with Crippen molar-refractivity contribution < 1.29 is 9.90 Å². The predicted octanol–water partition coefficient (Wildman–Crippen LogP) is 2.53. The Balaban J connectivity index is 2.02. The molecule has 0 radical (unpaired) electrons. The third kappa shape index (κ3) is 3.26. The van der Waals surface area contributed by atoms with Gasteiger partial charge in [-0.3, -0.25) is 0 Å². The van der Waals surface area contributed by atoms with E-state index in [4.69, 9.17) is 5.11 Å². The van der Waals surface area contributed by atoms with E-state index in [0.29, 0.717) is 23.6 Å². The molecule has 0 aromatic heterocycles. The van der Waals surface area contributed by atoms with Crippen molar-refractivity contribution in [3.8, 4) is 0 Å². The highest BCUT2D eigenvalue weighted by molar-refractivity contribution is 5.88. The first-order chi connectivity index (χ1) is 8.97. The minimum atomic E-state index is -0.882. The van der Waals surface area contributed by atoms with E-state index in [-0.39, 0.29) is 0 Å². The molecule has 4 nitrogen and oxygen atoms in total. The van der Waals surface area contributed by atoms with Crippen LogP contribution in [0.25, 0.3) is 0 Å². The van der Waals surface area contributed by atoms with Crippen LogP contribution >= 0.6 is 0 Å². The normalized spacial score (nSPS) is 28.1. The average molecular weight is 262 g/mol. The van der Waals surface area contributed by atoms with Crippen LogP contribution in [0.2, 0.25) is 0 Å². The van der Waals surface area contributed by atoms with Gasteiger partial charge in [0.1, 0.15) is 0 Å². The Morgan fingerprint density at radius 2 is 1.95 bits per heavy atom. The summed E-state index contributed by atoms with van der Waals surface area (Å²) in [4.78, 5) is 13.2. The molecule has 2 rings (SSSR count). The summed E-state index contributed by atoms with van der Waals surface area (Å²) in [5.74, 6) is -0.298. The van der Waals surface area contributed by atoms with Crippen LogP contribution in [0.5, 0.6) is 0 Å². The Kier molecular flexibility index (Phi) is 4.10. The molecule has 1 heterocycles. The molecule has 0 saturated carbocycles. The van der Waals surface area contributed by atoms with Crippen molar-refractivity contribution in [2.75, 3.05) is 18.9 Å². The lowest BCUT2D eigenvalue weighted by Gasteiger charge is -2.40. The number of rotatable bonds is 3. The Morgan fingerprint density at radius 3 is 2.53 bits per heavy atom. The number of nitrogens with one attached hydrogen (secondary N) is 1. The zero-order valence-corrected chi connectivity index (χ0v) is 11.8. The fraction of sp³-hybridized carbons (Fsp3) is 0.533. The Morgan fingerprint density at radius 1 is 1.32 bits per heavy atom. The molecule has 4 heteroatoms. The Bertz CT molecular complexity index is 444. The molecule has 3 atom stereocenters. The first kappa shape index (κ1) is 13.9. The number of carbonyl (C=O) groups is 1. The second-order valence-electron chi connectivity index (χ2n) is 5.63. The van der Waals surface area contributed by atoms with Crippen LogP contribution in [0.3, 0.4) is 0 Å². The van der Waals surface area contributed by atoms with Gasteiger partial charge in [-0.2, -0.15) is 0 Å². The quantitative estimate of drug-likeness (QED) is 0.879. The molecular weight excluding hydrogens is 240 g/mol. The Hall–Kier alpha value is -1.55. The van der Waals surface area contributed by atoms with Crippen LogP contribution in [-0.2, 0) is 0 Å². The average Bonchev–Trinajstić information content (AvgIpc) is 2.36. The van der Waals surface area contributed by atoms with Crippen LogP contribution in [0.15, 0.2) is 24.3 Å². The van der Waals surface area contributed by atoms with E-state index in [0.717, 1.165) is 18.7 Å². The molecular formula is C15H22N2O2. The van der Waals surface area contributed by atoms with E-state index in [9.17, 15) is 4.79 Å². The van der Waals surface area contributed by atoms with Crippen LogP contribution < -0.4 is 5.32 Å². The first-order valence-corrected chi connectivity index (χ1v) is 6.77. The van der Waals surface area contributed by atoms with Gasteiger partial charge in [-0.05, 0) is 50.6 Å². The molecule has 1 aromatic rings. The summed E-state index contributed by atoms with van der Waals surface area (Å²) in [6.45, 7) is 5.59. The van der Waals surface area contributed by atoms with E-state index < -0.39 is 5.97 Å². The minimum absolute atomic E-state index is 0.329. The maximum absolute atomic E-state index is 10.8. The minimum Gasteiger partial charge on any atom is -0.478 e. The molecule has 1 aliphatic rings. The first-order valence-electron chi connectivity index (χ1n) is 6.77. The summed E-state index contributed by atoms with van der Waals surface area (Å²) in [6, 6.07) is 8.01. The topological polar surface area (TPSA) is 52.6 Å². The highest BCUT2D eigenvalue weighted by atomic mass is 16.4. The monoisotopic (exact) mass is 262 g/mol. The molecule has 1 aromatic carbocycles. The number of carboxylic acids is 1. The highest BCUT2D eigenvalue weighted by Gasteiger charge is 2.28. The molecule has 19 heavy (non-hydrogen) atoms. The molecule has 0 spiro atoms. The van der Waals surface area contributed by atoms with E-state index >= 15 is 0 Å². The molecule has 1 aliphatic heterocycles. The number of carboxylic acid groups (broad SMARTS) is 1. The number of aromatic carboxylic acids is 1.